The molecule has 1 aliphatic carbocycles. The highest BCUT2D eigenvalue weighted by Gasteiger charge is 2.26. The third-order valence-corrected chi connectivity index (χ3v) is 5.95. The Morgan fingerprint density at radius 3 is 2.79 bits per heavy atom. The molecule has 1 aliphatic heterocycles. The minimum Gasteiger partial charge on any atom is -0.357 e. The maximum Gasteiger partial charge on any atom is 0.191 e. The third-order valence-electron chi connectivity index (χ3n) is 5.95. The number of aryl methyl sites for hydroxylation is 2. The van der Waals surface area contributed by atoms with Gasteiger partial charge in [-0.25, -0.2) is 4.98 Å². The summed E-state index contributed by atoms with van der Waals surface area (Å²) in [6.45, 7) is 10.7. The largest absolute Gasteiger partial charge is 0.357 e. The molecule has 0 spiro atoms. The van der Waals surface area contributed by atoms with E-state index in [9.17, 15) is 0 Å². The lowest BCUT2D eigenvalue weighted by Gasteiger charge is -2.21. The van der Waals surface area contributed by atoms with Gasteiger partial charge in [-0.3, -0.25) is 4.99 Å². The Hall–Kier alpha value is -0.830. The molecule has 6 nitrogen and oxygen atoms in total. The van der Waals surface area contributed by atoms with Gasteiger partial charge in [0.05, 0.1) is 0 Å². The summed E-state index contributed by atoms with van der Waals surface area (Å²) in [6, 6.07) is 0.540. The number of imidazole rings is 1. The molecule has 2 N–H and O–H groups in total. The Kier molecular flexibility index (Phi) is 10.6. The van der Waals surface area contributed by atoms with Crippen LogP contribution in [0, 0.1) is 12.8 Å². The van der Waals surface area contributed by atoms with E-state index in [1.54, 1.807) is 0 Å². The zero-order valence-electron chi connectivity index (χ0n) is 17.7. The van der Waals surface area contributed by atoms with Gasteiger partial charge in [-0.15, -0.1) is 24.0 Å². The molecule has 2 heterocycles. The molecule has 0 radical (unpaired) electrons. The van der Waals surface area contributed by atoms with Gasteiger partial charge in [0.1, 0.15) is 5.82 Å². The molecule has 160 valence electrons. The summed E-state index contributed by atoms with van der Waals surface area (Å²) in [5, 5.41) is 7.08. The number of guanidine groups is 1. The topological polar surface area (TPSA) is 57.5 Å². The molecule has 0 aromatic carbocycles. The molecule has 1 aromatic heterocycles. The summed E-state index contributed by atoms with van der Waals surface area (Å²) in [5.41, 5.74) is 0. The van der Waals surface area contributed by atoms with E-state index in [1.807, 2.05) is 6.20 Å². The summed E-state index contributed by atoms with van der Waals surface area (Å²) in [5.74, 6) is 3.03. The second-order valence-electron chi connectivity index (χ2n) is 8.18. The van der Waals surface area contributed by atoms with Crippen molar-refractivity contribution in [1.82, 2.24) is 25.1 Å². The Morgan fingerprint density at radius 2 is 2.07 bits per heavy atom. The molecule has 0 bridgehead atoms. The van der Waals surface area contributed by atoms with Crippen molar-refractivity contribution in [2.45, 2.75) is 71.4 Å². The van der Waals surface area contributed by atoms with Crippen LogP contribution in [0.25, 0.3) is 0 Å². The molecule has 0 amide bonds. The first-order chi connectivity index (χ1) is 13.2. The van der Waals surface area contributed by atoms with E-state index in [4.69, 9.17) is 4.99 Å². The predicted molar refractivity (Wildman–Crippen MR) is 128 cm³/mol. The quantitative estimate of drug-likeness (QED) is 0.235. The van der Waals surface area contributed by atoms with Crippen LogP contribution in [0.15, 0.2) is 17.4 Å². The van der Waals surface area contributed by atoms with Crippen molar-refractivity contribution in [2.24, 2.45) is 10.9 Å². The van der Waals surface area contributed by atoms with Crippen molar-refractivity contribution in [2.75, 3.05) is 32.7 Å². The SMILES string of the molecule is CCNC(=NCCCCn1ccnc1C)NC1CCN(CC2CCCC2)C1.I. The fourth-order valence-electron chi connectivity index (χ4n) is 4.41. The number of halogens is 1. The highest BCUT2D eigenvalue weighted by atomic mass is 127. The highest BCUT2D eigenvalue weighted by molar-refractivity contribution is 14.0. The fourth-order valence-corrected chi connectivity index (χ4v) is 4.41. The van der Waals surface area contributed by atoms with Crippen LogP contribution >= 0.6 is 24.0 Å². The standard InChI is InChI=1S/C21H38N6.HI/c1-3-22-21(24-11-6-7-13-27-15-12-23-18(27)2)25-20-10-14-26(17-20)16-19-8-4-5-9-19;/h12,15,19-20H,3-11,13-14,16-17H2,1-2H3,(H2,22,24,25);1H. The van der Waals surface area contributed by atoms with Gasteiger partial charge in [0.25, 0.3) is 0 Å². The maximum atomic E-state index is 4.80. The summed E-state index contributed by atoms with van der Waals surface area (Å²) < 4.78 is 2.21. The molecule has 1 atom stereocenters. The summed E-state index contributed by atoms with van der Waals surface area (Å²) in [6.07, 6.45) is 13.2. The van der Waals surface area contributed by atoms with Crippen molar-refractivity contribution in [3.63, 3.8) is 0 Å². The number of nitrogens with one attached hydrogen (secondary N) is 2. The third kappa shape index (κ3) is 7.54. The molecule has 2 fully saturated rings. The summed E-state index contributed by atoms with van der Waals surface area (Å²) in [4.78, 5) is 11.7. The first kappa shape index (κ1) is 23.4. The molecule has 28 heavy (non-hydrogen) atoms. The van der Waals surface area contributed by atoms with Gasteiger partial charge in [0.2, 0.25) is 0 Å². The Balaban J connectivity index is 0.00000280. The van der Waals surface area contributed by atoms with Gasteiger partial charge in [0.15, 0.2) is 5.96 Å². The summed E-state index contributed by atoms with van der Waals surface area (Å²) >= 11 is 0. The van der Waals surface area contributed by atoms with Crippen molar-refractivity contribution in [1.29, 1.82) is 0 Å². The van der Waals surface area contributed by atoms with Crippen LogP contribution in [0.1, 0.15) is 57.7 Å². The van der Waals surface area contributed by atoms with E-state index >= 15 is 0 Å². The number of rotatable bonds is 9. The Labute approximate surface area is 188 Å². The van der Waals surface area contributed by atoms with Crippen LogP contribution in [-0.2, 0) is 6.54 Å². The molecule has 1 unspecified atom stereocenters. The molecule has 1 aromatic rings. The normalized spacial score (nSPS) is 21.1. The molecule has 7 heteroatoms. The number of nitrogens with zero attached hydrogens (tertiary/aromatic N) is 4. The smallest absolute Gasteiger partial charge is 0.191 e. The van der Waals surface area contributed by atoms with Crippen LogP contribution in [-0.4, -0.2) is 59.2 Å². The van der Waals surface area contributed by atoms with Gasteiger partial charge in [-0.1, -0.05) is 12.8 Å². The van der Waals surface area contributed by atoms with Crippen molar-refractivity contribution in [3.8, 4) is 0 Å². The average molecular weight is 502 g/mol. The summed E-state index contributed by atoms with van der Waals surface area (Å²) in [7, 11) is 0. The van der Waals surface area contributed by atoms with Crippen LogP contribution < -0.4 is 10.6 Å². The minimum absolute atomic E-state index is 0. The number of likely N-dealkylation sites (tertiary alicyclic amines) is 1. The minimum atomic E-state index is 0. The molecule has 1 saturated carbocycles. The van der Waals surface area contributed by atoms with Crippen molar-refractivity contribution in [3.05, 3.63) is 18.2 Å². The monoisotopic (exact) mass is 502 g/mol. The maximum absolute atomic E-state index is 4.80. The predicted octanol–water partition coefficient (Wildman–Crippen LogP) is 3.41. The van der Waals surface area contributed by atoms with Gasteiger partial charge in [-0.2, -0.15) is 0 Å². The van der Waals surface area contributed by atoms with Crippen LogP contribution in [0.4, 0.5) is 0 Å². The molecule has 1 saturated heterocycles. The lowest BCUT2D eigenvalue weighted by atomic mass is 10.1. The number of hydrogen-bond donors (Lipinski definition) is 2. The Morgan fingerprint density at radius 1 is 1.25 bits per heavy atom. The first-order valence-corrected chi connectivity index (χ1v) is 11.0. The van der Waals surface area contributed by atoms with Crippen LogP contribution in [0.2, 0.25) is 0 Å². The van der Waals surface area contributed by atoms with Crippen molar-refractivity contribution < 1.29 is 0 Å². The van der Waals surface area contributed by atoms with Crippen LogP contribution in [0.5, 0.6) is 0 Å². The lowest BCUT2D eigenvalue weighted by molar-refractivity contribution is 0.275. The van der Waals surface area contributed by atoms with Gasteiger partial charge in [-0.05, 0) is 51.9 Å². The van der Waals surface area contributed by atoms with E-state index in [1.165, 1.54) is 51.7 Å². The van der Waals surface area contributed by atoms with E-state index in [0.29, 0.717) is 6.04 Å². The first-order valence-electron chi connectivity index (χ1n) is 11.0. The van der Waals surface area contributed by atoms with E-state index in [2.05, 4.69) is 45.1 Å². The van der Waals surface area contributed by atoms with Crippen LogP contribution in [0.3, 0.4) is 0 Å². The highest BCUT2D eigenvalue weighted by Crippen LogP contribution is 2.26. The second-order valence-corrected chi connectivity index (χ2v) is 8.18. The fraction of sp³-hybridized carbons (Fsp3) is 0.810. The number of aromatic nitrogens is 2. The zero-order chi connectivity index (χ0) is 18.9. The van der Waals surface area contributed by atoms with Crippen molar-refractivity contribution >= 4 is 29.9 Å². The number of aliphatic imine (C=N–C) groups is 1. The molecular weight excluding hydrogens is 463 g/mol. The number of hydrogen-bond acceptors (Lipinski definition) is 3. The van der Waals surface area contributed by atoms with Gasteiger partial charge < -0.3 is 20.1 Å². The average Bonchev–Trinajstić information content (AvgIpc) is 3.39. The van der Waals surface area contributed by atoms with E-state index in [-0.39, 0.29) is 24.0 Å². The number of unbranched alkanes of at least 4 members (excludes halogenated alkanes) is 1. The molecule has 2 aliphatic rings. The van der Waals surface area contributed by atoms with E-state index < -0.39 is 0 Å². The zero-order valence-corrected chi connectivity index (χ0v) is 20.0. The Bertz CT molecular complexity index is 581. The second kappa shape index (κ2) is 12.7. The van der Waals surface area contributed by atoms with Gasteiger partial charge >= 0.3 is 0 Å². The van der Waals surface area contributed by atoms with E-state index in [0.717, 1.165) is 50.2 Å². The van der Waals surface area contributed by atoms with Gasteiger partial charge in [0, 0.05) is 57.7 Å². The lowest BCUT2D eigenvalue weighted by Crippen LogP contribution is -2.44. The molecular formula is C21H39IN6. The molecule has 3 rings (SSSR count).